The lowest BCUT2D eigenvalue weighted by molar-refractivity contribution is -0.139. The van der Waals surface area contributed by atoms with Crippen molar-refractivity contribution in [1.29, 1.82) is 0 Å². The number of phenolic OH excluding ortho intramolecular Hbond substituents is 1. The molecule has 4 heteroatoms. The van der Waals surface area contributed by atoms with Crippen molar-refractivity contribution in [2.45, 2.75) is 25.2 Å². The molecule has 0 spiro atoms. The Labute approximate surface area is 130 Å². The Morgan fingerprint density at radius 1 is 1.18 bits per heavy atom. The molecular formula is C18H20O4. The van der Waals surface area contributed by atoms with Crippen molar-refractivity contribution in [1.82, 2.24) is 0 Å². The highest BCUT2D eigenvalue weighted by Gasteiger charge is 2.20. The normalized spacial score (nSPS) is 11.9. The largest absolute Gasteiger partial charge is 0.504 e. The Kier molecular flexibility index (Phi) is 5.42. The average molecular weight is 300 g/mol. The van der Waals surface area contributed by atoms with Gasteiger partial charge < -0.3 is 14.9 Å². The third-order valence-corrected chi connectivity index (χ3v) is 3.71. The Bertz CT molecular complexity index is 622. The zero-order valence-corrected chi connectivity index (χ0v) is 12.5. The Hall–Kier alpha value is -2.49. The van der Waals surface area contributed by atoms with E-state index in [-0.39, 0.29) is 5.75 Å². The van der Waals surface area contributed by atoms with Gasteiger partial charge in [0.2, 0.25) is 0 Å². The first-order valence-corrected chi connectivity index (χ1v) is 7.25. The first-order valence-electron chi connectivity index (χ1n) is 7.25. The van der Waals surface area contributed by atoms with E-state index in [0.29, 0.717) is 17.7 Å². The third-order valence-electron chi connectivity index (χ3n) is 3.71. The first kappa shape index (κ1) is 15.9. The quantitative estimate of drug-likeness (QED) is 0.820. The number of benzene rings is 2. The molecule has 4 nitrogen and oxygen atoms in total. The second-order valence-corrected chi connectivity index (χ2v) is 5.20. The summed E-state index contributed by atoms with van der Waals surface area (Å²) in [5.74, 6) is -1.15. The van der Waals surface area contributed by atoms with E-state index in [1.54, 1.807) is 12.1 Å². The fourth-order valence-electron chi connectivity index (χ4n) is 2.50. The summed E-state index contributed by atoms with van der Waals surface area (Å²) in [7, 11) is 1.45. The van der Waals surface area contributed by atoms with Gasteiger partial charge in [-0.25, -0.2) is 0 Å². The van der Waals surface area contributed by atoms with Crippen molar-refractivity contribution in [2.24, 2.45) is 0 Å². The number of rotatable bonds is 7. The molecule has 0 fully saturated rings. The van der Waals surface area contributed by atoms with Gasteiger partial charge in [0.1, 0.15) is 0 Å². The van der Waals surface area contributed by atoms with Crippen LogP contribution in [-0.4, -0.2) is 23.3 Å². The van der Waals surface area contributed by atoms with Crippen LogP contribution in [0.2, 0.25) is 0 Å². The molecule has 0 aromatic heterocycles. The molecule has 0 aliphatic rings. The van der Waals surface area contributed by atoms with E-state index in [4.69, 9.17) is 4.74 Å². The minimum absolute atomic E-state index is 0.0136. The average Bonchev–Trinajstić information content (AvgIpc) is 2.53. The summed E-state index contributed by atoms with van der Waals surface area (Å²) in [6.45, 7) is 0. The number of hydrogen-bond acceptors (Lipinski definition) is 3. The SMILES string of the molecule is COc1cc(C(CCCc2ccccc2)C(=O)O)ccc1O. The number of hydrogen-bond donors (Lipinski definition) is 2. The molecule has 2 rings (SSSR count). The van der Waals surface area contributed by atoms with E-state index in [2.05, 4.69) is 0 Å². The fraction of sp³-hybridized carbons (Fsp3) is 0.278. The molecule has 0 aliphatic carbocycles. The van der Waals surface area contributed by atoms with Gasteiger partial charge in [-0.05, 0) is 42.5 Å². The molecule has 2 aromatic rings. The van der Waals surface area contributed by atoms with E-state index in [1.807, 2.05) is 30.3 Å². The van der Waals surface area contributed by atoms with Gasteiger partial charge in [0.25, 0.3) is 0 Å². The minimum atomic E-state index is -0.860. The second kappa shape index (κ2) is 7.50. The van der Waals surface area contributed by atoms with Crippen molar-refractivity contribution < 1.29 is 19.7 Å². The van der Waals surface area contributed by atoms with Crippen LogP contribution in [-0.2, 0) is 11.2 Å². The lowest BCUT2D eigenvalue weighted by Crippen LogP contribution is -2.12. The van der Waals surface area contributed by atoms with Gasteiger partial charge in [0.05, 0.1) is 13.0 Å². The Balaban J connectivity index is 2.05. The van der Waals surface area contributed by atoms with E-state index < -0.39 is 11.9 Å². The van der Waals surface area contributed by atoms with E-state index in [9.17, 15) is 15.0 Å². The molecule has 0 heterocycles. The van der Waals surface area contributed by atoms with Crippen molar-refractivity contribution >= 4 is 5.97 Å². The molecule has 2 aromatic carbocycles. The Morgan fingerprint density at radius 3 is 2.55 bits per heavy atom. The fourth-order valence-corrected chi connectivity index (χ4v) is 2.50. The number of aliphatic carboxylic acids is 1. The number of carbonyl (C=O) groups is 1. The molecule has 0 amide bonds. The monoisotopic (exact) mass is 300 g/mol. The molecule has 116 valence electrons. The molecular weight excluding hydrogens is 280 g/mol. The highest BCUT2D eigenvalue weighted by molar-refractivity contribution is 5.76. The second-order valence-electron chi connectivity index (χ2n) is 5.20. The van der Waals surface area contributed by atoms with Gasteiger partial charge in [-0.3, -0.25) is 4.79 Å². The van der Waals surface area contributed by atoms with Gasteiger partial charge in [-0.2, -0.15) is 0 Å². The van der Waals surface area contributed by atoms with Crippen LogP contribution in [0.4, 0.5) is 0 Å². The molecule has 22 heavy (non-hydrogen) atoms. The Morgan fingerprint density at radius 2 is 1.91 bits per heavy atom. The van der Waals surface area contributed by atoms with Gasteiger partial charge in [-0.1, -0.05) is 36.4 Å². The zero-order valence-electron chi connectivity index (χ0n) is 12.5. The molecule has 0 saturated heterocycles. The lowest BCUT2D eigenvalue weighted by Gasteiger charge is -2.14. The number of carboxylic acids is 1. The minimum Gasteiger partial charge on any atom is -0.504 e. The predicted molar refractivity (Wildman–Crippen MR) is 84.4 cm³/mol. The predicted octanol–water partition coefficient (Wildman–Crippen LogP) is 3.59. The number of methoxy groups -OCH3 is 1. The number of phenols is 1. The standard InChI is InChI=1S/C18H20O4/c1-22-17-12-14(10-11-16(17)19)15(18(20)21)9-5-8-13-6-3-2-4-7-13/h2-4,6-7,10-12,15,19H,5,8-9H2,1H3,(H,20,21). The number of aryl methyl sites for hydroxylation is 1. The molecule has 2 N–H and O–H groups in total. The highest BCUT2D eigenvalue weighted by Crippen LogP contribution is 2.31. The number of ether oxygens (including phenoxy) is 1. The van der Waals surface area contributed by atoms with Crippen LogP contribution in [0.15, 0.2) is 48.5 Å². The maximum Gasteiger partial charge on any atom is 0.310 e. The number of carboxylic acid groups (broad SMARTS) is 1. The third kappa shape index (κ3) is 4.01. The summed E-state index contributed by atoms with van der Waals surface area (Å²) in [6.07, 6.45) is 2.17. The maximum absolute atomic E-state index is 11.5. The summed E-state index contributed by atoms with van der Waals surface area (Å²) in [6, 6.07) is 14.7. The highest BCUT2D eigenvalue weighted by atomic mass is 16.5. The topological polar surface area (TPSA) is 66.8 Å². The molecule has 0 saturated carbocycles. The van der Waals surface area contributed by atoms with Crippen molar-refractivity contribution in [3.05, 3.63) is 59.7 Å². The first-order chi connectivity index (χ1) is 10.6. The van der Waals surface area contributed by atoms with Crippen LogP contribution in [0.5, 0.6) is 11.5 Å². The van der Waals surface area contributed by atoms with Crippen LogP contribution in [0.1, 0.15) is 29.9 Å². The summed E-state index contributed by atoms with van der Waals surface area (Å²) < 4.78 is 5.05. The van der Waals surface area contributed by atoms with Gasteiger partial charge >= 0.3 is 5.97 Å². The van der Waals surface area contributed by atoms with Crippen LogP contribution in [0, 0.1) is 0 Å². The van der Waals surface area contributed by atoms with Crippen LogP contribution in [0.25, 0.3) is 0 Å². The number of aromatic hydroxyl groups is 1. The van der Waals surface area contributed by atoms with Crippen LogP contribution < -0.4 is 4.74 Å². The van der Waals surface area contributed by atoms with Crippen molar-refractivity contribution in [2.75, 3.05) is 7.11 Å². The van der Waals surface area contributed by atoms with E-state index >= 15 is 0 Å². The van der Waals surface area contributed by atoms with Gasteiger partial charge in [0, 0.05) is 0 Å². The van der Waals surface area contributed by atoms with Gasteiger partial charge in [0.15, 0.2) is 11.5 Å². The summed E-state index contributed by atoms with van der Waals surface area (Å²) >= 11 is 0. The molecule has 1 unspecified atom stereocenters. The van der Waals surface area contributed by atoms with Gasteiger partial charge in [-0.15, -0.1) is 0 Å². The lowest BCUT2D eigenvalue weighted by atomic mass is 9.92. The molecule has 1 atom stereocenters. The van der Waals surface area contributed by atoms with E-state index in [1.165, 1.54) is 18.7 Å². The van der Waals surface area contributed by atoms with Crippen molar-refractivity contribution in [3.63, 3.8) is 0 Å². The maximum atomic E-state index is 11.5. The molecule has 0 bridgehead atoms. The molecule has 0 radical (unpaired) electrons. The summed E-state index contributed by atoms with van der Waals surface area (Å²) in [5.41, 5.74) is 1.85. The van der Waals surface area contributed by atoms with Crippen LogP contribution >= 0.6 is 0 Å². The smallest absolute Gasteiger partial charge is 0.310 e. The van der Waals surface area contributed by atoms with Crippen molar-refractivity contribution in [3.8, 4) is 11.5 Å². The summed E-state index contributed by atoms with van der Waals surface area (Å²) in [4.78, 5) is 11.5. The zero-order chi connectivity index (χ0) is 15.9. The van der Waals surface area contributed by atoms with Crippen LogP contribution in [0.3, 0.4) is 0 Å². The molecule has 0 aliphatic heterocycles. The van der Waals surface area contributed by atoms with E-state index in [0.717, 1.165) is 12.8 Å². The summed E-state index contributed by atoms with van der Waals surface area (Å²) in [5, 5.41) is 19.1.